The zero-order valence-corrected chi connectivity index (χ0v) is 16.4. The van der Waals surface area contributed by atoms with Crippen LogP contribution in [0.3, 0.4) is 0 Å². The molecule has 0 spiro atoms. The first-order chi connectivity index (χ1) is 12.8. The average molecular weight is 379 g/mol. The van der Waals surface area contributed by atoms with Crippen LogP contribution in [0, 0.1) is 11.8 Å². The standard InChI is InChI=1S/C21H30FNO4/c1-21(2,3)27-20(25)23-18(13-22)16-9-11-17(12-10-16)19(24)26-14-15-7-5-4-6-8-15/h4-8,16-18H,9-14H2,1-3H3,(H,23,25)/t16-,17-,18-/m1/s1. The first-order valence-electron chi connectivity index (χ1n) is 9.54. The molecule has 1 aromatic rings. The number of amides is 1. The molecule has 0 aromatic heterocycles. The highest BCUT2D eigenvalue weighted by atomic mass is 19.1. The van der Waals surface area contributed by atoms with Gasteiger partial charge in [-0.05, 0) is 57.9 Å². The van der Waals surface area contributed by atoms with E-state index < -0.39 is 24.4 Å². The summed E-state index contributed by atoms with van der Waals surface area (Å²) in [5.41, 5.74) is 0.337. The molecule has 150 valence electrons. The molecular formula is C21H30FNO4. The lowest BCUT2D eigenvalue weighted by atomic mass is 9.79. The van der Waals surface area contributed by atoms with Crippen LogP contribution in [0.25, 0.3) is 0 Å². The van der Waals surface area contributed by atoms with E-state index in [1.807, 2.05) is 30.3 Å². The SMILES string of the molecule is CC(C)(C)OC(=O)N[C@H](CF)[C@H]1CC[C@H](C(=O)OCc2ccccc2)CC1. The van der Waals surface area contributed by atoms with E-state index in [4.69, 9.17) is 9.47 Å². The van der Waals surface area contributed by atoms with Crippen LogP contribution in [-0.2, 0) is 20.9 Å². The van der Waals surface area contributed by atoms with Crippen LogP contribution >= 0.6 is 0 Å². The molecule has 0 aliphatic heterocycles. The van der Waals surface area contributed by atoms with E-state index in [0.717, 1.165) is 5.56 Å². The number of hydrogen-bond acceptors (Lipinski definition) is 4. The van der Waals surface area contributed by atoms with Crippen LogP contribution < -0.4 is 5.32 Å². The van der Waals surface area contributed by atoms with Gasteiger partial charge in [-0.15, -0.1) is 0 Å². The summed E-state index contributed by atoms with van der Waals surface area (Å²) in [5, 5.41) is 2.63. The second-order valence-corrected chi connectivity index (χ2v) is 8.11. The molecule has 0 saturated heterocycles. The Morgan fingerprint density at radius 2 is 1.78 bits per heavy atom. The van der Waals surface area contributed by atoms with Crippen LogP contribution in [0.2, 0.25) is 0 Å². The Hall–Kier alpha value is -2.11. The van der Waals surface area contributed by atoms with Gasteiger partial charge >= 0.3 is 12.1 Å². The minimum atomic E-state index is -0.646. The normalized spacial score (nSPS) is 21.2. The van der Waals surface area contributed by atoms with Crippen LogP contribution in [0.1, 0.15) is 52.0 Å². The zero-order chi connectivity index (χ0) is 19.9. The van der Waals surface area contributed by atoms with Crippen LogP contribution in [0.15, 0.2) is 30.3 Å². The highest BCUT2D eigenvalue weighted by Crippen LogP contribution is 2.32. The molecule has 1 saturated carbocycles. The molecule has 1 N–H and O–H groups in total. The number of carbonyl (C=O) groups is 2. The number of rotatable bonds is 6. The van der Waals surface area contributed by atoms with E-state index in [1.54, 1.807) is 20.8 Å². The molecule has 2 rings (SSSR count). The maximum atomic E-state index is 13.4. The summed E-state index contributed by atoms with van der Waals surface area (Å²) in [4.78, 5) is 24.2. The first-order valence-corrected chi connectivity index (χ1v) is 9.54. The summed E-state index contributed by atoms with van der Waals surface area (Å²) in [6.07, 6.45) is 2.04. The fraction of sp³-hybridized carbons (Fsp3) is 0.619. The fourth-order valence-electron chi connectivity index (χ4n) is 3.35. The third kappa shape index (κ3) is 7.19. The number of hydrogen-bond donors (Lipinski definition) is 1. The van der Waals surface area contributed by atoms with Crippen molar-refractivity contribution in [3.63, 3.8) is 0 Å². The Morgan fingerprint density at radius 1 is 1.15 bits per heavy atom. The van der Waals surface area contributed by atoms with E-state index >= 15 is 0 Å². The van der Waals surface area contributed by atoms with Crippen molar-refractivity contribution in [2.45, 2.75) is 64.7 Å². The van der Waals surface area contributed by atoms with Crippen molar-refractivity contribution in [3.8, 4) is 0 Å². The summed E-state index contributed by atoms with van der Waals surface area (Å²) in [7, 11) is 0. The van der Waals surface area contributed by atoms with Gasteiger partial charge in [0.2, 0.25) is 0 Å². The zero-order valence-electron chi connectivity index (χ0n) is 16.4. The molecule has 5 nitrogen and oxygen atoms in total. The van der Waals surface area contributed by atoms with Gasteiger partial charge < -0.3 is 14.8 Å². The molecule has 1 aliphatic rings. The van der Waals surface area contributed by atoms with Crippen LogP contribution in [-0.4, -0.2) is 30.4 Å². The van der Waals surface area contributed by atoms with Gasteiger partial charge in [0, 0.05) is 0 Å². The predicted molar refractivity (Wildman–Crippen MR) is 101 cm³/mol. The van der Waals surface area contributed by atoms with Crippen LogP contribution in [0.5, 0.6) is 0 Å². The molecule has 6 heteroatoms. The summed E-state index contributed by atoms with van der Waals surface area (Å²) >= 11 is 0. The lowest BCUT2D eigenvalue weighted by molar-refractivity contribution is -0.151. The molecule has 0 radical (unpaired) electrons. The lowest BCUT2D eigenvalue weighted by Crippen LogP contribution is -2.45. The van der Waals surface area contributed by atoms with Gasteiger partial charge in [-0.25, -0.2) is 9.18 Å². The van der Waals surface area contributed by atoms with Gasteiger partial charge in [0.25, 0.3) is 0 Å². The molecule has 1 atom stereocenters. The van der Waals surface area contributed by atoms with Gasteiger partial charge in [0.05, 0.1) is 12.0 Å². The number of nitrogens with one attached hydrogen (secondary N) is 1. The minimum absolute atomic E-state index is 0.000640. The third-order valence-corrected chi connectivity index (χ3v) is 4.77. The molecule has 0 unspecified atom stereocenters. The summed E-state index contributed by atoms with van der Waals surface area (Å²) in [6.45, 7) is 4.93. The molecule has 27 heavy (non-hydrogen) atoms. The Morgan fingerprint density at radius 3 is 2.33 bits per heavy atom. The van der Waals surface area contributed by atoms with E-state index in [0.29, 0.717) is 25.7 Å². The number of esters is 1. The number of alkyl halides is 1. The van der Waals surface area contributed by atoms with Gasteiger partial charge in [0.1, 0.15) is 18.9 Å². The number of ether oxygens (including phenoxy) is 2. The van der Waals surface area contributed by atoms with Gasteiger partial charge in [-0.2, -0.15) is 0 Å². The largest absolute Gasteiger partial charge is 0.461 e. The van der Waals surface area contributed by atoms with Crippen molar-refractivity contribution < 1.29 is 23.5 Å². The molecule has 1 aromatic carbocycles. The van der Waals surface area contributed by atoms with Crippen molar-refractivity contribution in [2.24, 2.45) is 11.8 Å². The van der Waals surface area contributed by atoms with E-state index in [-0.39, 0.29) is 24.4 Å². The second-order valence-electron chi connectivity index (χ2n) is 8.11. The molecule has 0 heterocycles. The van der Waals surface area contributed by atoms with Gasteiger partial charge in [-0.3, -0.25) is 4.79 Å². The van der Waals surface area contributed by atoms with Crippen molar-refractivity contribution in [2.75, 3.05) is 6.67 Å². The topological polar surface area (TPSA) is 64.6 Å². The Kier molecular flexibility index (Phi) is 7.63. The number of carbonyl (C=O) groups excluding carboxylic acids is 2. The van der Waals surface area contributed by atoms with Crippen molar-refractivity contribution in [1.29, 1.82) is 0 Å². The maximum Gasteiger partial charge on any atom is 0.407 e. The van der Waals surface area contributed by atoms with E-state index in [2.05, 4.69) is 5.32 Å². The molecular weight excluding hydrogens is 349 g/mol. The number of halogens is 1. The third-order valence-electron chi connectivity index (χ3n) is 4.77. The Bertz CT molecular complexity index is 606. The number of benzene rings is 1. The molecule has 1 aliphatic carbocycles. The van der Waals surface area contributed by atoms with Crippen molar-refractivity contribution >= 4 is 12.1 Å². The van der Waals surface area contributed by atoms with E-state index in [1.165, 1.54) is 0 Å². The predicted octanol–water partition coefficient (Wildman–Crippen LogP) is 4.40. The maximum absolute atomic E-state index is 13.4. The summed E-state index contributed by atoms with van der Waals surface area (Å²) in [6, 6.07) is 8.98. The van der Waals surface area contributed by atoms with Crippen LogP contribution in [0.4, 0.5) is 9.18 Å². The van der Waals surface area contributed by atoms with Crippen molar-refractivity contribution in [1.82, 2.24) is 5.32 Å². The highest BCUT2D eigenvalue weighted by Gasteiger charge is 2.33. The fourth-order valence-corrected chi connectivity index (χ4v) is 3.35. The highest BCUT2D eigenvalue weighted by molar-refractivity contribution is 5.72. The lowest BCUT2D eigenvalue weighted by Gasteiger charge is -2.32. The van der Waals surface area contributed by atoms with Gasteiger partial charge in [-0.1, -0.05) is 30.3 Å². The Balaban J connectivity index is 1.77. The van der Waals surface area contributed by atoms with Crippen molar-refractivity contribution in [3.05, 3.63) is 35.9 Å². The Labute approximate surface area is 160 Å². The van der Waals surface area contributed by atoms with E-state index in [9.17, 15) is 14.0 Å². The smallest absolute Gasteiger partial charge is 0.407 e. The monoisotopic (exact) mass is 379 g/mol. The summed E-state index contributed by atoms with van der Waals surface area (Å²) < 4.78 is 24.0. The number of alkyl carbamates (subject to hydrolysis) is 1. The quantitative estimate of drug-likeness (QED) is 0.744. The summed E-state index contributed by atoms with van der Waals surface area (Å²) in [5.74, 6) is -0.360. The molecule has 1 amide bonds. The second kappa shape index (κ2) is 9.72. The molecule has 1 fully saturated rings. The average Bonchev–Trinajstić information content (AvgIpc) is 2.64. The molecule has 0 bridgehead atoms. The van der Waals surface area contributed by atoms with Gasteiger partial charge in [0.15, 0.2) is 0 Å². The minimum Gasteiger partial charge on any atom is -0.461 e. The first kappa shape index (κ1) is 21.2.